The Morgan fingerprint density at radius 2 is 2.12 bits per heavy atom. The lowest BCUT2D eigenvalue weighted by Gasteiger charge is -2.04. The fourth-order valence-electron chi connectivity index (χ4n) is 1.55. The Morgan fingerprint density at radius 3 is 2.81 bits per heavy atom. The van der Waals surface area contributed by atoms with Gasteiger partial charge in [0.05, 0.1) is 12.8 Å². The molecule has 16 heavy (non-hydrogen) atoms. The molecule has 0 atom stereocenters. The summed E-state index contributed by atoms with van der Waals surface area (Å²) in [6.45, 7) is 3.58. The van der Waals surface area contributed by atoms with E-state index in [1.807, 2.05) is 37.3 Å². The van der Waals surface area contributed by atoms with Crippen LogP contribution in [0.3, 0.4) is 0 Å². The zero-order valence-electron chi connectivity index (χ0n) is 9.16. The van der Waals surface area contributed by atoms with Gasteiger partial charge >= 0.3 is 0 Å². The molecule has 0 bridgehead atoms. The van der Waals surface area contributed by atoms with Crippen LogP contribution in [0, 0.1) is 6.92 Å². The van der Waals surface area contributed by atoms with E-state index in [4.69, 9.17) is 16.0 Å². The van der Waals surface area contributed by atoms with Crippen molar-refractivity contribution in [2.24, 2.45) is 0 Å². The number of halogens is 1. The molecule has 0 saturated heterocycles. The van der Waals surface area contributed by atoms with Crippen LogP contribution in [-0.4, -0.2) is 0 Å². The number of hydrogen-bond donors (Lipinski definition) is 1. The lowest BCUT2D eigenvalue weighted by Crippen LogP contribution is -2.12. The highest BCUT2D eigenvalue weighted by atomic mass is 35.5. The first-order valence-corrected chi connectivity index (χ1v) is 5.61. The van der Waals surface area contributed by atoms with E-state index < -0.39 is 0 Å². The van der Waals surface area contributed by atoms with Gasteiger partial charge in [0.1, 0.15) is 5.76 Å². The van der Waals surface area contributed by atoms with Crippen molar-refractivity contribution >= 4 is 11.6 Å². The molecule has 0 saturated carbocycles. The molecule has 0 aliphatic heterocycles. The van der Waals surface area contributed by atoms with E-state index in [9.17, 15) is 0 Å². The smallest absolute Gasteiger partial charge is 0.120 e. The van der Waals surface area contributed by atoms with Gasteiger partial charge in [0.25, 0.3) is 0 Å². The highest BCUT2D eigenvalue weighted by molar-refractivity contribution is 6.30. The van der Waals surface area contributed by atoms with Gasteiger partial charge in [-0.2, -0.15) is 0 Å². The standard InChI is InChI=1S/C13H14ClNO/c1-10-5-6-16-13(10)9-15-8-11-3-2-4-12(14)7-11/h2-7,15H,8-9H2,1H3. The summed E-state index contributed by atoms with van der Waals surface area (Å²) in [5, 5.41) is 4.09. The van der Waals surface area contributed by atoms with E-state index in [1.165, 1.54) is 11.1 Å². The normalized spacial score (nSPS) is 10.6. The van der Waals surface area contributed by atoms with Crippen molar-refractivity contribution in [3.63, 3.8) is 0 Å². The van der Waals surface area contributed by atoms with Crippen molar-refractivity contribution in [1.29, 1.82) is 0 Å². The zero-order chi connectivity index (χ0) is 11.4. The molecule has 0 spiro atoms. The van der Waals surface area contributed by atoms with E-state index in [-0.39, 0.29) is 0 Å². The topological polar surface area (TPSA) is 25.2 Å². The Labute approximate surface area is 100 Å². The van der Waals surface area contributed by atoms with Gasteiger partial charge in [0, 0.05) is 11.6 Å². The fraction of sp³-hybridized carbons (Fsp3) is 0.231. The van der Waals surface area contributed by atoms with Crippen LogP contribution in [0.2, 0.25) is 5.02 Å². The SMILES string of the molecule is Cc1ccoc1CNCc1cccc(Cl)c1. The van der Waals surface area contributed by atoms with Crippen molar-refractivity contribution in [1.82, 2.24) is 5.32 Å². The lowest BCUT2D eigenvalue weighted by molar-refractivity contribution is 0.480. The van der Waals surface area contributed by atoms with Gasteiger partial charge in [-0.05, 0) is 36.2 Å². The molecule has 0 fully saturated rings. The Bertz CT molecular complexity index is 464. The highest BCUT2D eigenvalue weighted by Crippen LogP contribution is 2.11. The van der Waals surface area contributed by atoms with Gasteiger partial charge in [-0.3, -0.25) is 0 Å². The average molecular weight is 236 g/mol. The minimum absolute atomic E-state index is 0.741. The molecule has 1 N–H and O–H groups in total. The molecule has 1 aromatic carbocycles. The molecule has 0 radical (unpaired) electrons. The molecule has 2 rings (SSSR count). The molecule has 3 heteroatoms. The Balaban J connectivity index is 1.87. The molecule has 0 aliphatic carbocycles. The molecule has 84 valence electrons. The molecule has 2 nitrogen and oxygen atoms in total. The largest absolute Gasteiger partial charge is 0.468 e. The quantitative estimate of drug-likeness (QED) is 0.877. The Morgan fingerprint density at radius 1 is 1.25 bits per heavy atom. The number of furan rings is 1. The summed E-state index contributed by atoms with van der Waals surface area (Å²) < 4.78 is 5.34. The minimum atomic E-state index is 0.741. The summed E-state index contributed by atoms with van der Waals surface area (Å²) in [5.41, 5.74) is 2.36. The van der Waals surface area contributed by atoms with E-state index in [2.05, 4.69) is 5.32 Å². The van der Waals surface area contributed by atoms with Crippen molar-refractivity contribution in [2.75, 3.05) is 0 Å². The van der Waals surface area contributed by atoms with Gasteiger partial charge in [-0.1, -0.05) is 23.7 Å². The van der Waals surface area contributed by atoms with Crippen LogP contribution in [0.4, 0.5) is 0 Å². The number of hydrogen-bond acceptors (Lipinski definition) is 2. The predicted octanol–water partition coefficient (Wildman–Crippen LogP) is 3.53. The first-order chi connectivity index (χ1) is 7.75. The summed E-state index contributed by atoms with van der Waals surface area (Å²) in [6.07, 6.45) is 1.71. The molecule has 1 heterocycles. The van der Waals surface area contributed by atoms with Crippen LogP contribution in [0.15, 0.2) is 41.0 Å². The van der Waals surface area contributed by atoms with Crippen LogP contribution >= 0.6 is 11.6 Å². The first kappa shape index (κ1) is 11.2. The van der Waals surface area contributed by atoms with Crippen LogP contribution < -0.4 is 5.32 Å². The zero-order valence-corrected chi connectivity index (χ0v) is 9.92. The number of rotatable bonds is 4. The van der Waals surface area contributed by atoms with Gasteiger partial charge in [-0.25, -0.2) is 0 Å². The second-order valence-electron chi connectivity index (χ2n) is 3.76. The van der Waals surface area contributed by atoms with Gasteiger partial charge in [0.15, 0.2) is 0 Å². The van der Waals surface area contributed by atoms with Crippen molar-refractivity contribution in [2.45, 2.75) is 20.0 Å². The van der Waals surface area contributed by atoms with E-state index >= 15 is 0 Å². The molecule has 1 aromatic heterocycles. The third kappa shape index (κ3) is 2.87. The van der Waals surface area contributed by atoms with Crippen molar-refractivity contribution in [3.8, 4) is 0 Å². The van der Waals surface area contributed by atoms with Crippen LogP contribution in [0.5, 0.6) is 0 Å². The summed E-state index contributed by atoms with van der Waals surface area (Å²) in [5.74, 6) is 0.988. The van der Waals surface area contributed by atoms with E-state index in [0.717, 1.165) is 23.9 Å². The Kier molecular flexibility index (Phi) is 3.65. The third-order valence-electron chi connectivity index (χ3n) is 2.47. The lowest BCUT2D eigenvalue weighted by atomic mass is 10.2. The molecule has 0 unspecified atom stereocenters. The van der Waals surface area contributed by atoms with Crippen molar-refractivity contribution in [3.05, 3.63) is 58.5 Å². The van der Waals surface area contributed by atoms with Crippen LogP contribution in [-0.2, 0) is 13.1 Å². The molecular weight excluding hydrogens is 222 g/mol. The maximum absolute atomic E-state index is 5.90. The van der Waals surface area contributed by atoms with E-state index in [1.54, 1.807) is 6.26 Å². The van der Waals surface area contributed by atoms with Gasteiger partial charge < -0.3 is 9.73 Å². The van der Waals surface area contributed by atoms with Crippen molar-refractivity contribution < 1.29 is 4.42 Å². The summed E-state index contributed by atoms with van der Waals surface area (Å²) >= 11 is 5.90. The number of benzene rings is 1. The number of nitrogens with one attached hydrogen (secondary N) is 1. The third-order valence-corrected chi connectivity index (χ3v) is 2.71. The second-order valence-corrected chi connectivity index (χ2v) is 4.20. The Hall–Kier alpha value is -1.25. The van der Waals surface area contributed by atoms with Crippen LogP contribution in [0.1, 0.15) is 16.9 Å². The summed E-state index contributed by atoms with van der Waals surface area (Å²) in [4.78, 5) is 0. The summed E-state index contributed by atoms with van der Waals surface area (Å²) in [7, 11) is 0. The predicted molar refractivity (Wildman–Crippen MR) is 65.4 cm³/mol. The van der Waals surface area contributed by atoms with Gasteiger partial charge in [-0.15, -0.1) is 0 Å². The van der Waals surface area contributed by atoms with Crippen LogP contribution in [0.25, 0.3) is 0 Å². The number of aryl methyl sites for hydroxylation is 1. The second kappa shape index (κ2) is 5.19. The average Bonchev–Trinajstić information content (AvgIpc) is 2.65. The molecule has 0 amide bonds. The fourth-order valence-corrected chi connectivity index (χ4v) is 1.77. The molecule has 2 aromatic rings. The van der Waals surface area contributed by atoms with E-state index in [0.29, 0.717) is 0 Å². The highest BCUT2D eigenvalue weighted by Gasteiger charge is 2.01. The molecular formula is C13H14ClNO. The first-order valence-electron chi connectivity index (χ1n) is 5.24. The maximum atomic E-state index is 5.90. The minimum Gasteiger partial charge on any atom is -0.468 e. The maximum Gasteiger partial charge on any atom is 0.120 e. The van der Waals surface area contributed by atoms with Gasteiger partial charge in [0.2, 0.25) is 0 Å². The summed E-state index contributed by atoms with van der Waals surface area (Å²) in [6, 6.07) is 9.81. The monoisotopic (exact) mass is 235 g/mol. The molecule has 0 aliphatic rings.